The van der Waals surface area contributed by atoms with Crippen LogP contribution < -0.4 is 10.1 Å². The lowest BCUT2D eigenvalue weighted by atomic mass is 10.0. The molecule has 3 nitrogen and oxygen atoms in total. The fourth-order valence-electron chi connectivity index (χ4n) is 2.51. The fourth-order valence-corrected chi connectivity index (χ4v) is 2.51. The summed E-state index contributed by atoms with van der Waals surface area (Å²) in [7, 11) is 0. The van der Waals surface area contributed by atoms with Gasteiger partial charge in [-0.15, -0.1) is 0 Å². The Labute approximate surface area is 138 Å². The van der Waals surface area contributed by atoms with E-state index in [9.17, 15) is 4.79 Å². The minimum Gasteiger partial charge on any atom is -0.494 e. The Balaban J connectivity index is 2.06. The number of hydrogen-bond donors (Lipinski definition) is 1. The number of carbonyl (C=O) groups is 1. The Morgan fingerprint density at radius 1 is 1.13 bits per heavy atom. The first-order valence-electron chi connectivity index (χ1n) is 8.18. The lowest BCUT2D eigenvalue weighted by Gasteiger charge is -2.15. The molecule has 0 aromatic heterocycles. The third-order valence-corrected chi connectivity index (χ3v) is 3.97. The zero-order valence-corrected chi connectivity index (χ0v) is 14.3. The number of carbonyl (C=O) groups excluding carboxylic acids is 1. The molecule has 122 valence electrons. The van der Waals surface area contributed by atoms with E-state index in [1.54, 1.807) is 6.07 Å². The van der Waals surface area contributed by atoms with Crippen molar-refractivity contribution in [3.05, 3.63) is 64.7 Å². The predicted octanol–water partition coefficient (Wildman–Crippen LogP) is 4.45. The SMILES string of the molecule is CCOc1ccc(C(=O)N[C@H](C)c2ccc(CC)cc2)cc1C. The molecule has 2 aromatic carbocycles. The highest BCUT2D eigenvalue weighted by molar-refractivity contribution is 5.94. The first-order chi connectivity index (χ1) is 11.0. The molecule has 0 unspecified atom stereocenters. The summed E-state index contributed by atoms with van der Waals surface area (Å²) in [5.74, 6) is 0.760. The van der Waals surface area contributed by atoms with E-state index in [0.29, 0.717) is 12.2 Å². The smallest absolute Gasteiger partial charge is 0.251 e. The Bertz CT molecular complexity index is 662. The van der Waals surface area contributed by atoms with Crippen LogP contribution in [0, 0.1) is 6.92 Å². The standard InChI is InChI=1S/C20H25NO2/c1-5-16-7-9-17(10-8-16)15(4)21-20(22)18-11-12-19(23-6-2)14(3)13-18/h7-13,15H,5-6H2,1-4H3,(H,21,22)/t15-/m1/s1. The summed E-state index contributed by atoms with van der Waals surface area (Å²) in [6, 6.07) is 13.9. The molecule has 1 N–H and O–H groups in total. The molecule has 0 aliphatic carbocycles. The summed E-state index contributed by atoms with van der Waals surface area (Å²) in [6.45, 7) is 8.66. The second-order valence-corrected chi connectivity index (χ2v) is 5.70. The van der Waals surface area contributed by atoms with Crippen molar-refractivity contribution in [1.29, 1.82) is 0 Å². The normalized spacial score (nSPS) is 11.8. The van der Waals surface area contributed by atoms with E-state index >= 15 is 0 Å². The first-order valence-corrected chi connectivity index (χ1v) is 8.18. The van der Waals surface area contributed by atoms with E-state index in [1.807, 2.05) is 32.9 Å². The van der Waals surface area contributed by atoms with Gasteiger partial charge >= 0.3 is 0 Å². The molecule has 23 heavy (non-hydrogen) atoms. The van der Waals surface area contributed by atoms with E-state index in [0.717, 1.165) is 23.3 Å². The number of ether oxygens (including phenoxy) is 1. The van der Waals surface area contributed by atoms with Crippen molar-refractivity contribution in [2.24, 2.45) is 0 Å². The third-order valence-electron chi connectivity index (χ3n) is 3.97. The van der Waals surface area contributed by atoms with Crippen LogP contribution in [0.5, 0.6) is 5.75 Å². The van der Waals surface area contributed by atoms with Gasteiger partial charge in [0.2, 0.25) is 0 Å². The second-order valence-electron chi connectivity index (χ2n) is 5.70. The second kappa shape index (κ2) is 7.82. The van der Waals surface area contributed by atoms with Crippen molar-refractivity contribution in [2.75, 3.05) is 6.61 Å². The molecule has 1 atom stereocenters. The quantitative estimate of drug-likeness (QED) is 0.856. The summed E-state index contributed by atoms with van der Waals surface area (Å²) in [5, 5.41) is 3.05. The molecular formula is C20H25NO2. The molecule has 0 radical (unpaired) electrons. The highest BCUT2D eigenvalue weighted by Crippen LogP contribution is 2.20. The van der Waals surface area contributed by atoms with Crippen LogP contribution in [0.25, 0.3) is 0 Å². The van der Waals surface area contributed by atoms with E-state index < -0.39 is 0 Å². The zero-order valence-electron chi connectivity index (χ0n) is 14.3. The topological polar surface area (TPSA) is 38.3 Å². The summed E-state index contributed by atoms with van der Waals surface area (Å²) >= 11 is 0. The van der Waals surface area contributed by atoms with Gasteiger partial charge in [-0.1, -0.05) is 31.2 Å². The minimum absolute atomic E-state index is 0.0275. The van der Waals surface area contributed by atoms with Crippen molar-refractivity contribution in [1.82, 2.24) is 5.32 Å². The Kier molecular flexibility index (Phi) is 5.80. The molecular weight excluding hydrogens is 286 g/mol. The summed E-state index contributed by atoms with van der Waals surface area (Å²) < 4.78 is 5.51. The van der Waals surface area contributed by atoms with E-state index in [4.69, 9.17) is 4.74 Å². The molecule has 0 heterocycles. The van der Waals surface area contributed by atoms with Gasteiger partial charge < -0.3 is 10.1 Å². The van der Waals surface area contributed by atoms with Crippen molar-refractivity contribution in [3.63, 3.8) is 0 Å². The highest BCUT2D eigenvalue weighted by Gasteiger charge is 2.12. The Morgan fingerprint density at radius 2 is 1.83 bits per heavy atom. The molecule has 3 heteroatoms. The predicted molar refractivity (Wildman–Crippen MR) is 94.0 cm³/mol. The lowest BCUT2D eigenvalue weighted by molar-refractivity contribution is 0.0940. The van der Waals surface area contributed by atoms with E-state index in [1.165, 1.54) is 5.56 Å². The molecule has 0 spiro atoms. The molecule has 0 saturated carbocycles. The zero-order chi connectivity index (χ0) is 16.8. The Hall–Kier alpha value is -2.29. The average molecular weight is 311 g/mol. The van der Waals surface area contributed by atoms with Crippen molar-refractivity contribution < 1.29 is 9.53 Å². The lowest BCUT2D eigenvalue weighted by Crippen LogP contribution is -2.26. The number of nitrogens with one attached hydrogen (secondary N) is 1. The van der Waals surface area contributed by atoms with Gasteiger partial charge in [-0.3, -0.25) is 4.79 Å². The minimum atomic E-state index is -0.0665. The molecule has 0 aliphatic rings. The third kappa shape index (κ3) is 4.35. The van der Waals surface area contributed by atoms with Crippen LogP contribution in [0.4, 0.5) is 0 Å². The van der Waals surface area contributed by atoms with Crippen LogP contribution in [-0.2, 0) is 6.42 Å². The molecule has 0 aliphatic heterocycles. The van der Waals surface area contributed by atoms with Gasteiger partial charge in [0.25, 0.3) is 5.91 Å². The monoisotopic (exact) mass is 311 g/mol. The van der Waals surface area contributed by atoms with Crippen molar-refractivity contribution >= 4 is 5.91 Å². The molecule has 0 bridgehead atoms. The fraction of sp³-hybridized carbons (Fsp3) is 0.350. The molecule has 2 rings (SSSR count). The number of amides is 1. The summed E-state index contributed by atoms with van der Waals surface area (Å²) in [6.07, 6.45) is 1.02. The van der Waals surface area contributed by atoms with Crippen molar-refractivity contribution in [3.8, 4) is 5.75 Å². The average Bonchev–Trinajstić information content (AvgIpc) is 2.56. The molecule has 0 fully saturated rings. The van der Waals surface area contributed by atoms with Crippen LogP contribution in [0.3, 0.4) is 0 Å². The van der Waals surface area contributed by atoms with Gasteiger partial charge in [0.1, 0.15) is 5.75 Å². The van der Waals surface area contributed by atoms with Gasteiger partial charge in [-0.25, -0.2) is 0 Å². The molecule has 1 amide bonds. The number of aryl methyl sites for hydroxylation is 2. The molecule has 2 aromatic rings. The van der Waals surface area contributed by atoms with Crippen LogP contribution >= 0.6 is 0 Å². The van der Waals surface area contributed by atoms with Crippen LogP contribution in [-0.4, -0.2) is 12.5 Å². The highest BCUT2D eigenvalue weighted by atomic mass is 16.5. The maximum absolute atomic E-state index is 12.4. The van der Waals surface area contributed by atoms with Gasteiger partial charge in [-0.2, -0.15) is 0 Å². The van der Waals surface area contributed by atoms with E-state index in [-0.39, 0.29) is 11.9 Å². The molecule has 0 saturated heterocycles. The summed E-state index contributed by atoms with van der Waals surface area (Å²) in [4.78, 5) is 12.4. The van der Waals surface area contributed by atoms with Crippen molar-refractivity contribution in [2.45, 2.75) is 40.2 Å². The van der Waals surface area contributed by atoms with Crippen LogP contribution in [0.15, 0.2) is 42.5 Å². The van der Waals surface area contributed by atoms with E-state index in [2.05, 4.69) is 36.5 Å². The van der Waals surface area contributed by atoms with Crippen LogP contribution in [0.2, 0.25) is 0 Å². The maximum Gasteiger partial charge on any atom is 0.251 e. The van der Waals surface area contributed by atoms with Gasteiger partial charge in [0.05, 0.1) is 12.6 Å². The number of hydrogen-bond acceptors (Lipinski definition) is 2. The summed E-state index contributed by atoms with van der Waals surface area (Å²) in [5.41, 5.74) is 4.04. The van der Waals surface area contributed by atoms with Gasteiger partial charge in [-0.05, 0) is 62.1 Å². The number of rotatable bonds is 6. The Morgan fingerprint density at radius 3 is 2.39 bits per heavy atom. The largest absolute Gasteiger partial charge is 0.494 e. The van der Waals surface area contributed by atoms with Gasteiger partial charge in [0, 0.05) is 5.56 Å². The number of benzene rings is 2. The maximum atomic E-state index is 12.4. The van der Waals surface area contributed by atoms with Gasteiger partial charge in [0.15, 0.2) is 0 Å². The van der Waals surface area contributed by atoms with Crippen LogP contribution in [0.1, 0.15) is 53.9 Å². The first kappa shape index (κ1) is 17.1.